The smallest absolute Gasteiger partial charge is 0.172 e. The largest absolute Gasteiger partial charge is 0.228 e. The van der Waals surface area contributed by atoms with Crippen LogP contribution in [0.2, 0.25) is 0 Å². The van der Waals surface area contributed by atoms with Gasteiger partial charge in [-0.25, -0.2) is 16.8 Å². The van der Waals surface area contributed by atoms with Gasteiger partial charge in [-0.15, -0.1) is 0 Å². The Morgan fingerprint density at radius 3 is 2.28 bits per heavy atom. The highest BCUT2D eigenvalue weighted by molar-refractivity contribution is 7.97. The fourth-order valence-electron chi connectivity index (χ4n) is 1.89. The average Bonchev–Trinajstić information content (AvgIpc) is 2.36. The summed E-state index contributed by atoms with van der Waals surface area (Å²) < 4.78 is 47.4. The molecule has 0 aliphatic carbocycles. The van der Waals surface area contributed by atoms with Gasteiger partial charge >= 0.3 is 0 Å². The molecule has 98 valence electrons. The van der Waals surface area contributed by atoms with Crippen molar-refractivity contribution in [1.82, 2.24) is 0 Å². The quantitative estimate of drug-likeness (QED) is 0.782. The summed E-state index contributed by atoms with van der Waals surface area (Å²) in [5, 5.41) is 0.0248. The van der Waals surface area contributed by atoms with Crippen LogP contribution in [0.3, 0.4) is 0 Å². The van der Waals surface area contributed by atoms with Crippen molar-refractivity contribution in [3.05, 3.63) is 46.9 Å². The molecule has 1 aliphatic heterocycles. The summed E-state index contributed by atoms with van der Waals surface area (Å²) in [7, 11) is -6.92. The van der Waals surface area contributed by atoms with Crippen LogP contribution in [0.5, 0.6) is 0 Å². The van der Waals surface area contributed by atoms with Crippen LogP contribution in [0.15, 0.2) is 35.7 Å². The van der Waals surface area contributed by atoms with Gasteiger partial charge in [0.25, 0.3) is 0 Å². The lowest BCUT2D eigenvalue weighted by Gasteiger charge is -2.14. The molecule has 0 bridgehead atoms. The molecule has 1 aromatic carbocycles. The highest BCUT2D eigenvalue weighted by atomic mass is 32.2. The third-order valence-corrected chi connectivity index (χ3v) is 6.48. The van der Waals surface area contributed by atoms with Gasteiger partial charge in [0.2, 0.25) is 0 Å². The van der Waals surface area contributed by atoms with E-state index in [-0.39, 0.29) is 11.5 Å². The van der Waals surface area contributed by atoms with Gasteiger partial charge in [0.1, 0.15) is 5.25 Å². The Labute approximate surface area is 107 Å². The zero-order chi connectivity index (χ0) is 13.4. The Kier molecular flexibility index (Phi) is 3.33. The number of rotatable bonds is 1. The fourth-order valence-corrected chi connectivity index (χ4v) is 5.69. The van der Waals surface area contributed by atoms with Gasteiger partial charge in [-0.3, -0.25) is 0 Å². The van der Waals surface area contributed by atoms with E-state index in [1.54, 1.807) is 24.3 Å². The molecule has 4 nitrogen and oxygen atoms in total. The van der Waals surface area contributed by atoms with Crippen molar-refractivity contribution in [1.29, 1.82) is 0 Å². The van der Waals surface area contributed by atoms with Crippen molar-refractivity contribution in [2.75, 3.05) is 11.5 Å². The lowest BCUT2D eigenvalue weighted by atomic mass is 10.1. The molecule has 0 saturated heterocycles. The normalized spacial score (nSPS) is 25.5. The molecule has 0 fully saturated rings. The summed E-state index contributed by atoms with van der Waals surface area (Å²) in [6.07, 6.45) is 1.21. The summed E-state index contributed by atoms with van der Waals surface area (Å²) in [4.78, 5) is 0. The van der Waals surface area contributed by atoms with Gasteiger partial charge in [-0.2, -0.15) is 0 Å². The van der Waals surface area contributed by atoms with E-state index < -0.39 is 24.9 Å². The van der Waals surface area contributed by atoms with Crippen LogP contribution in [0.1, 0.15) is 16.4 Å². The second-order valence-corrected chi connectivity index (χ2v) is 8.59. The molecule has 1 heterocycles. The van der Waals surface area contributed by atoms with E-state index in [1.807, 2.05) is 6.92 Å². The van der Waals surface area contributed by atoms with Gasteiger partial charge in [-0.1, -0.05) is 35.9 Å². The lowest BCUT2D eigenvalue weighted by molar-refractivity contribution is 0.582. The SMILES string of the molecule is Cc1ccc(C2CS(=O)(=O)C=CCS2(=O)=O)cc1. The standard InChI is InChI=1S/C12H14O4S2/c1-10-3-5-11(6-4-10)12-9-17(13,14)7-2-8-18(12,15)16/h2-7,12H,8-9H2,1H3. The van der Waals surface area contributed by atoms with E-state index in [2.05, 4.69) is 0 Å². The van der Waals surface area contributed by atoms with Crippen LogP contribution in [-0.2, 0) is 19.7 Å². The van der Waals surface area contributed by atoms with E-state index >= 15 is 0 Å². The Balaban J connectivity index is 2.50. The molecular formula is C12H14O4S2. The van der Waals surface area contributed by atoms with E-state index in [0.717, 1.165) is 11.0 Å². The molecule has 0 spiro atoms. The molecule has 1 atom stereocenters. The highest BCUT2D eigenvalue weighted by Crippen LogP contribution is 2.28. The van der Waals surface area contributed by atoms with E-state index in [9.17, 15) is 16.8 Å². The third kappa shape index (κ3) is 2.81. The fraction of sp³-hybridized carbons (Fsp3) is 0.333. The van der Waals surface area contributed by atoms with Crippen LogP contribution >= 0.6 is 0 Å². The zero-order valence-corrected chi connectivity index (χ0v) is 11.5. The number of sulfone groups is 2. The van der Waals surface area contributed by atoms with Crippen LogP contribution in [0.25, 0.3) is 0 Å². The first kappa shape index (κ1) is 13.3. The molecule has 1 aromatic rings. The minimum absolute atomic E-state index is 0.231. The molecular weight excluding hydrogens is 272 g/mol. The number of hydrogen-bond acceptors (Lipinski definition) is 4. The van der Waals surface area contributed by atoms with Gasteiger partial charge < -0.3 is 0 Å². The van der Waals surface area contributed by atoms with Crippen molar-refractivity contribution in [3.8, 4) is 0 Å². The first-order chi connectivity index (χ1) is 8.30. The molecule has 0 radical (unpaired) electrons. The predicted molar refractivity (Wildman–Crippen MR) is 70.6 cm³/mol. The first-order valence-electron chi connectivity index (χ1n) is 5.48. The van der Waals surface area contributed by atoms with Gasteiger partial charge in [0.15, 0.2) is 19.7 Å². The van der Waals surface area contributed by atoms with Crippen LogP contribution in [-0.4, -0.2) is 28.3 Å². The Hall–Kier alpha value is -1.14. The molecule has 0 aromatic heterocycles. The summed E-state index contributed by atoms with van der Waals surface area (Å²) >= 11 is 0. The van der Waals surface area contributed by atoms with E-state index in [4.69, 9.17) is 0 Å². The molecule has 18 heavy (non-hydrogen) atoms. The maximum atomic E-state index is 12.1. The van der Waals surface area contributed by atoms with Crippen LogP contribution in [0, 0.1) is 6.92 Å². The van der Waals surface area contributed by atoms with Crippen molar-refractivity contribution in [2.24, 2.45) is 0 Å². The topological polar surface area (TPSA) is 68.3 Å². The molecule has 0 saturated carbocycles. The number of hydrogen-bond donors (Lipinski definition) is 0. The summed E-state index contributed by atoms with van der Waals surface area (Å²) in [5.41, 5.74) is 1.54. The molecule has 0 N–H and O–H groups in total. The van der Waals surface area contributed by atoms with Crippen LogP contribution in [0.4, 0.5) is 0 Å². The minimum atomic E-state index is -3.46. The first-order valence-corrected chi connectivity index (χ1v) is 8.91. The second-order valence-electron chi connectivity index (χ2n) is 4.43. The Bertz CT molecular complexity index is 667. The second kappa shape index (κ2) is 4.51. The number of aryl methyl sites for hydroxylation is 1. The van der Waals surface area contributed by atoms with Gasteiger partial charge in [0.05, 0.1) is 11.5 Å². The Morgan fingerprint density at radius 1 is 1.06 bits per heavy atom. The third-order valence-electron chi connectivity index (χ3n) is 2.90. The summed E-state index contributed by atoms with van der Waals surface area (Å²) in [5.74, 6) is -0.611. The van der Waals surface area contributed by atoms with Crippen molar-refractivity contribution in [2.45, 2.75) is 12.2 Å². The van der Waals surface area contributed by atoms with E-state index in [0.29, 0.717) is 5.56 Å². The molecule has 1 aliphatic rings. The summed E-state index contributed by atoms with van der Waals surface area (Å²) in [6, 6.07) is 6.93. The molecule has 6 heteroatoms. The highest BCUT2D eigenvalue weighted by Gasteiger charge is 2.32. The van der Waals surface area contributed by atoms with Gasteiger partial charge in [-0.05, 0) is 12.5 Å². The molecule has 1 unspecified atom stereocenters. The van der Waals surface area contributed by atoms with Crippen molar-refractivity contribution in [3.63, 3.8) is 0 Å². The van der Waals surface area contributed by atoms with Crippen molar-refractivity contribution < 1.29 is 16.8 Å². The minimum Gasteiger partial charge on any atom is -0.228 e. The zero-order valence-electron chi connectivity index (χ0n) is 9.91. The van der Waals surface area contributed by atoms with Crippen molar-refractivity contribution >= 4 is 19.7 Å². The Morgan fingerprint density at radius 2 is 1.67 bits per heavy atom. The maximum Gasteiger partial charge on any atom is 0.172 e. The summed E-state index contributed by atoms with van der Waals surface area (Å²) in [6.45, 7) is 1.89. The molecule has 2 rings (SSSR count). The monoisotopic (exact) mass is 286 g/mol. The van der Waals surface area contributed by atoms with E-state index in [1.165, 1.54) is 6.08 Å². The van der Waals surface area contributed by atoms with Crippen LogP contribution < -0.4 is 0 Å². The maximum absolute atomic E-state index is 12.1. The average molecular weight is 286 g/mol. The van der Waals surface area contributed by atoms with Gasteiger partial charge in [0, 0.05) is 5.41 Å². The molecule has 0 amide bonds. The predicted octanol–water partition coefficient (Wildman–Crippen LogP) is 1.39. The lowest BCUT2D eigenvalue weighted by Crippen LogP contribution is -2.21. The number of benzene rings is 1.